The number of aliphatic hydroxyl groups is 2. The number of halogens is 3. The number of amides is 1. The van der Waals surface area contributed by atoms with Crippen molar-refractivity contribution in [3.63, 3.8) is 0 Å². The standard InChI is InChI=1S/C7H10Cl3NO3/c8-7(9,10)6(14)11-3-1-2-4(12)5(3)13/h3-5,12-13H,1-2H2,(H,11,14)/t3-,4+,5-/m0/s1. The third kappa shape index (κ3) is 2.87. The Labute approximate surface area is 96.1 Å². The van der Waals surface area contributed by atoms with Gasteiger partial charge < -0.3 is 15.5 Å². The smallest absolute Gasteiger partial charge is 0.272 e. The number of carbonyl (C=O) groups is 1. The molecule has 1 aliphatic carbocycles. The van der Waals surface area contributed by atoms with E-state index in [0.29, 0.717) is 12.8 Å². The molecule has 4 nitrogen and oxygen atoms in total. The third-order valence-electron chi connectivity index (χ3n) is 2.15. The van der Waals surface area contributed by atoms with Crippen molar-refractivity contribution in [2.24, 2.45) is 0 Å². The minimum Gasteiger partial charge on any atom is -0.390 e. The van der Waals surface area contributed by atoms with Gasteiger partial charge in [0.15, 0.2) is 0 Å². The van der Waals surface area contributed by atoms with E-state index in [0.717, 1.165) is 0 Å². The molecule has 0 aromatic carbocycles. The van der Waals surface area contributed by atoms with Gasteiger partial charge in [0, 0.05) is 0 Å². The van der Waals surface area contributed by atoms with E-state index in [9.17, 15) is 15.0 Å². The quantitative estimate of drug-likeness (QED) is 0.598. The van der Waals surface area contributed by atoms with Crippen molar-refractivity contribution >= 4 is 40.7 Å². The third-order valence-corrected chi connectivity index (χ3v) is 2.67. The van der Waals surface area contributed by atoms with Gasteiger partial charge in [-0.25, -0.2) is 0 Å². The van der Waals surface area contributed by atoms with Gasteiger partial charge in [0.05, 0.1) is 18.2 Å². The zero-order chi connectivity index (χ0) is 10.9. The molecule has 0 unspecified atom stereocenters. The van der Waals surface area contributed by atoms with Gasteiger partial charge in [-0.05, 0) is 12.8 Å². The molecule has 1 amide bonds. The molecule has 0 aliphatic heterocycles. The first-order valence-electron chi connectivity index (χ1n) is 4.06. The second-order valence-electron chi connectivity index (χ2n) is 3.21. The Morgan fingerprint density at radius 3 is 2.21 bits per heavy atom. The fraction of sp³-hybridized carbons (Fsp3) is 0.857. The summed E-state index contributed by atoms with van der Waals surface area (Å²) in [5, 5.41) is 20.9. The van der Waals surface area contributed by atoms with E-state index in [1.807, 2.05) is 0 Å². The van der Waals surface area contributed by atoms with E-state index in [-0.39, 0.29) is 0 Å². The summed E-state index contributed by atoms with van der Waals surface area (Å²) >= 11 is 16.0. The van der Waals surface area contributed by atoms with Crippen LogP contribution in [0.1, 0.15) is 12.8 Å². The number of alkyl halides is 3. The summed E-state index contributed by atoms with van der Waals surface area (Å²) in [6, 6.07) is -0.548. The van der Waals surface area contributed by atoms with Crippen molar-refractivity contribution in [3.8, 4) is 0 Å². The maximum absolute atomic E-state index is 11.2. The number of nitrogens with one attached hydrogen (secondary N) is 1. The van der Waals surface area contributed by atoms with Crippen molar-refractivity contribution in [1.29, 1.82) is 0 Å². The highest BCUT2D eigenvalue weighted by Gasteiger charge is 2.38. The summed E-state index contributed by atoms with van der Waals surface area (Å²) < 4.78 is -2.03. The van der Waals surface area contributed by atoms with Crippen molar-refractivity contribution in [3.05, 3.63) is 0 Å². The fourth-order valence-corrected chi connectivity index (χ4v) is 1.53. The molecule has 3 atom stereocenters. The Balaban J connectivity index is 2.50. The molecule has 0 heterocycles. The SMILES string of the molecule is O=C(N[C@H]1CC[C@@H](O)[C@H]1O)C(Cl)(Cl)Cl. The van der Waals surface area contributed by atoms with Crippen LogP contribution in [0.25, 0.3) is 0 Å². The van der Waals surface area contributed by atoms with Crippen molar-refractivity contribution in [2.75, 3.05) is 0 Å². The monoisotopic (exact) mass is 261 g/mol. The molecule has 0 aromatic heterocycles. The van der Waals surface area contributed by atoms with Crippen LogP contribution in [0.2, 0.25) is 0 Å². The molecule has 14 heavy (non-hydrogen) atoms. The molecule has 0 radical (unpaired) electrons. The molecule has 1 fully saturated rings. The van der Waals surface area contributed by atoms with Gasteiger partial charge in [-0.15, -0.1) is 0 Å². The molecule has 3 N–H and O–H groups in total. The normalized spacial score (nSPS) is 33.1. The zero-order valence-electron chi connectivity index (χ0n) is 7.08. The number of carbonyl (C=O) groups excluding carboxylic acids is 1. The molecule has 82 valence electrons. The Bertz CT molecular complexity index is 231. The maximum atomic E-state index is 11.2. The van der Waals surface area contributed by atoms with Crippen LogP contribution in [0.5, 0.6) is 0 Å². The van der Waals surface area contributed by atoms with Gasteiger partial charge in [0.25, 0.3) is 9.70 Å². The maximum Gasteiger partial charge on any atom is 0.272 e. The van der Waals surface area contributed by atoms with Crippen molar-refractivity contribution < 1.29 is 15.0 Å². The van der Waals surface area contributed by atoms with E-state index in [2.05, 4.69) is 5.32 Å². The molecule has 1 saturated carbocycles. The molecular weight excluding hydrogens is 252 g/mol. The second kappa shape index (κ2) is 4.41. The van der Waals surface area contributed by atoms with Crippen LogP contribution in [0.15, 0.2) is 0 Å². The second-order valence-corrected chi connectivity index (χ2v) is 5.49. The van der Waals surface area contributed by atoms with Crippen LogP contribution in [0, 0.1) is 0 Å². The highest BCUT2D eigenvalue weighted by molar-refractivity contribution is 6.76. The van der Waals surface area contributed by atoms with Crippen LogP contribution in [0.3, 0.4) is 0 Å². The lowest BCUT2D eigenvalue weighted by atomic mass is 10.2. The number of hydrogen-bond donors (Lipinski definition) is 3. The van der Waals surface area contributed by atoms with Gasteiger partial charge in [-0.3, -0.25) is 4.79 Å². The first-order chi connectivity index (χ1) is 6.32. The molecule has 0 bridgehead atoms. The van der Waals surface area contributed by atoms with E-state index in [4.69, 9.17) is 34.8 Å². The predicted molar refractivity (Wildman–Crippen MR) is 53.5 cm³/mol. The van der Waals surface area contributed by atoms with Crippen molar-refractivity contribution in [2.45, 2.75) is 34.9 Å². The molecule has 1 aliphatic rings. The molecule has 1 rings (SSSR count). The summed E-state index contributed by atoms with van der Waals surface area (Å²) in [7, 11) is 0. The van der Waals surface area contributed by atoms with Crippen LogP contribution >= 0.6 is 34.8 Å². The Morgan fingerprint density at radius 1 is 1.29 bits per heavy atom. The number of aliphatic hydroxyl groups excluding tert-OH is 2. The average Bonchev–Trinajstić information content (AvgIpc) is 2.34. The van der Waals surface area contributed by atoms with Gasteiger partial charge in [0.1, 0.15) is 0 Å². The van der Waals surface area contributed by atoms with E-state index in [1.54, 1.807) is 0 Å². The molecule has 0 spiro atoms. The number of hydrogen-bond acceptors (Lipinski definition) is 3. The van der Waals surface area contributed by atoms with Crippen LogP contribution in [0.4, 0.5) is 0 Å². The lowest BCUT2D eigenvalue weighted by Crippen LogP contribution is -2.47. The number of rotatable bonds is 1. The summed E-state index contributed by atoms with van der Waals surface area (Å²) in [6.45, 7) is 0. The Morgan fingerprint density at radius 2 is 1.86 bits per heavy atom. The van der Waals surface area contributed by atoms with Crippen LogP contribution < -0.4 is 5.32 Å². The highest BCUT2D eigenvalue weighted by atomic mass is 35.6. The lowest BCUT2D eigenvalue weighted by molar-refractivity contribution is -0.121. The van der Waals surface area contributed by atoms with Crippen LogP contribution in [-0.2, 0) is 4.79 Å². The van der Waals surface area contributed by atoms with Gasteiger partial charge in [0.2, 0.25) is 0 Å². The molecular formula is C7H10Cl3NO3. The van der Waals surface area contributed by atoms with E-state index in [1.165, 1.54) is 0 Å². The predicted octanol–water partition coefficient (Wildman–Crippen LogP) is 0.357. The fourth-order valence-electron chi connectivity index (χ4n) is 1.37. The molecule has 7 heteroatoms. The van der Waals surface area contributed by atoms with Gasteiger partial charge in [-0.1, -0.05) is 34.8 Å². The average molecular weight is 263 g/mol. The van der Waals surface area contributed by atoms with Gasteiger partial charge >= 0.3 is 0 Å². The Hall–Kier alpha value is 0.260. The summed E-state index contributed by atoms with van der Waals surface area (Å²) in [5.41, 5.74) is 0. The van der Waals surface area contributed by atoms with Crippen molar-refractivity contribution in [1.82, 2.24) is 5.32 Å². The summed E-state index contributed by atoms with van der Waals surface area (Å²) in [4.78, 5) is 11.2. The minimum atomic E-state index is -2.03. The molecule has 0 saturated heterocycles. The van der Waals surface area contributed by atoms with Gasteiger partial charge in [-0.2, -0.15) is 0 Å². The highest BCUT2D eigenvalue weighted by Crippen LogP contribution is 2.27. The largest absolute Gasteiger partial charge is 0.390 e. The molecule has 0 aromatic rings. The first kappa shape index (κ1) is 12.3. The van der Waals surface area contributed by atoms with Crippen LogP contribution in [-0.4, -0.2) is 38.2 Å². The van der Waals surface area contributed by atoms with E-state index < -0.39 is 27.9 Å². The zero-order valence-corrected chi connectivity index (χ0v) is 9.35. The van der Waals surface area contributed by atoms with E-state index >= 15 is 0 Å². The summed E-state index contributed by atoms with van der Waals surface area (Å²) in [5.74, 6) is -0.791. The summed E-state index contributed by atoms with van der Waals surface area (Å²) in [6.07, 6.45) is -0.928. The lowest BCUT2D eigenvalue weighted by Gasteiger charge is -2.20. The Kier molecular flexibility index (Phi) is 3.88. The first-order valence-corrected chi connectivity index (χ1v) is 5.19. The minimum absolute atomic E-state index is 0.423. The topological polar surface area (TPSA) is 69.6 Å².